The van der Waals surface area contributed by atoms with Crippen molar-refractivity contribution in [1.82, 2.24) is 4.90 Å². The van der Waals surface area contributed by atoms with Crippen molar-refractivity contribution in [3.05, 3.63) is 64.7 Å². The zero-order chi connectivity index (χ0) is 20.3. The van der Waals surface area contributed by atoms with Gasteiger partial charge < -0.3 is 4.90 Å². The molecule has 0 spiro atoms. The molecule has 0 saturated heterocycles. The highest BCUT2D eigenvalue weighted by atomic mass is 15.2. The Bertz CT molecular complexity index is 765. The van der Waals surface area contributed by atoms with Crippen molar-refractivity contribution in [2.45, 2.75) is 71.4 Å². The number of hydrogen-bond donors (Lipinski definition) is 0. The van der Waals surface area contributed by atoms with Crippen LogP contribution in [0, 0.1) is 20.8 Å². The van der Waals surface area contributed by atoms with E-state index in [2.05, 4.69) is 94.1 Å². The smallest absolute Gasteiger partial charge is 0.0458 e. The molecule has 0 heterocycles. The van der Waals surface area contributed by atoms with E-state index in [1.165, 1.54) is 60.0 Å². The summed E-state index contributed by atoms with van der Waals surface area (Å²) >= 11 is 0. The molecular formula is C26H38N2. The molecule has 0 radical (unpaired) electrons. The van der Waals surface area contributed by atoms with Crippen LogP contribution in [0.4, 0.5) is 5.69 Å². The zero-order valence-corrected chi connectivity index (χ0v) is 18.8. The van der Waals surface area contributed by atoms with Gasteiger partial charge in [-0.3, -0.25) is 4.90 Å². The Balaban J connectivity index is 1.86. The lowest BCUT2D eigenvalue weighted by Gasteiger charge is -2.48. The predicted octanol–water partition coefficient (Wildman–Crippen LogP) is 6.23. The van der Waals surface area contributed by atoms with Gasteiger partial charge in [-0.1, -0.05) is 37.3 Å². The van der Waals surface area contributed by atoms with Gasteiger partial charge in [0.1, 0.15) is 0 Å². The van der Waals surface area contributed by atoms with Gasteiger partial charge in [-0.25, -0.2) is 0 Å². The lowest BCUT2D eigenvalue weighted by atomic mass is 9.72. The Morgan fingerprint density at radius 1 is 0.929 bits per heavy atom. The molecule has 2 aromatic carbocycles. The second-order valence-corrected chi connectivity index (χ2v) is 9.01. The first kappa shape index (κ1) is 20.9. The fraction of sp³-hybridized carbons (Fsp3) is 0.538. The van der Waals surface area contributed by atoms with E-state index < -0.39 is 0 Å². The third-order valence-corrected chi connectivity index (χ3v) is 6.73. The Morgan fingerprint density at radius 2 is 1.54 bits per heavy atom. The highest BCUT2D eigenvalue weighted by Crippen LogP contribution is 2.44. The number of aryl methyl sites for hydroxylation is 3. The monoisotopic (exact) mass is 378 g/mol. The molecule has 1 saturated carbocycles. The summed E-state index contributed by atoms with van der Waals surface area (Å²) in [7, 11) is 4.53. The van der Waals surface area contributed by atoms with Crippen molar-refractivity contribution in [1.29, 1.82) is 0 Å². The summed E-state index contributed by atoms with van der Waals surface area (Å²) < 4.78 is 0. The van der Waals surface area contributed by atoms with Crippen LogP contribution in [0.5, 0.6) is 0 Å². The molecule has 0 bridgehead atoms. The van der Waals surface area contributed by atoms with Gasteiger partial charge in [-0.05, 0) is 101 Å². The van der Waals surface area contributed by atoms with Gasteiger partial charge >= 0.3 is 0 Å². The molecular weight excluding hydrogens is 340 g/mol. The molecule has 2 heteroatoms. The average molecular weight is 379 g/mol. The van der Waals surface area contributed by atoms with E-state index >= 15 is 0 Å². The fourth-order valence-corrected chi connectivity index (χ4v) is 5.32. The lowest BCUT2D eigenvalue weighted by molar-refractivity contribution is 0.0896. The van der Waals surface area contributed by atoms with E-state index in [4.69, 9.17) is 0 Å². The van der Waals surface area contributed by atoms with Crippen molar-refractivity contribution in [3.8, 4) is 0 Å². The first-order valence-corrected chi connectivity index (χ1v) is 11.0. The van der Waals surface area contributed by atoms with Gasteiger partial charge in [-0.15, -0.1) is 0 Å². The average Bonchev–Trinajstić information content (AvgIpc) is 2.66. The van der Waals surface area contributed by atoms with Crippen LogP contribution in [-0.4, -0.2) is 31.6 Å². The van der Waals surface area contributed by atoms with Crippen molar-refractivity contribution < 1.29 is 0 Å². The van der Waals surface area contributed by atoms with Crippen molar-refractivity contribution in [2.75, 3.05) is 25.5 Å². The van der Waals surface area contributed by atoms with Crippen LogP contribution in [0.3, 0.4) is 0 Å². The summed E-state index contributed by atoms with van der Waals surface area (Å²) in [6, 6.07) is 16.7. The van der Waals surface area contributed by atoms with Crippen LogP contribution < -0.4 is 4.90 Å². The molecule has 28 heavy (non-hydrogen) atoms. The van der Waals surface area contributed by atoms with Gasteiger partial charge in [-0.2, -0.15) is 0 Å². The summed E-state index contributed by atoms with van der Waals surface area (Å²) in [4.78, 5) is 5.17. The summed E-state index contributed by atoms with van der Waals surface area (Å²) in [5, 5.41) is 0. The molecule has 0 N–H and O–H groups in total. The van der Waals surface area contributed by atoms with E-state index in [9.17, 15) is 0 Å². The van der Waals surface area contributed by atoms with Crippen molar-refractivity contribution in [2.24, 2.45) is 0 Å². The summed E-state index contributed by atoms with van der Waals surface area (Å²) in [6.07, 6.45) is 6.14. The molecule has 0 atom stereocenters. The van der Waals surface area contributed by atoms with Crippen LogP contribution in [0.1, 0.15) is 61.3 Å². The van der Waals surface area contributed by atoms with Crippen LogP contribution >= 0.6 is 0 Å². The molecule has 1 aliphatic rings. The third-order valence-electron chi connectivity index (χ3n) is 6.73. The first-order chi connectivity index (χ1) is 13.4. The lowest BCUT2D eigenvalue weighted by Crippen LogP contribution is -2.49. The van der Waals surface area contributed by atoms with Crippen LogP contribution in [0.15, 0.2) is 42.5 Å². The van der Waals surface area contributed by atoms with Crippen LogP contribution in [0.25, 0.3) is 0 Å². The molecule has 0 aromatic heterocycles. The SMILES string of the molecule is CCCN(c1cc(C)cc(C)c1)C1CCC(c2ccccc2C)(N(C)C)CC1. The normalized spacial score (nSPS) is 22.5. The van der Waals surface area contributed by atoms with Gasteiger partial charge in [0.25, 0.3) is 0 Å². The molecule has 0 unspecified atom stereocenters. The number of nitrogens with zero attached hydrogens (tertiary/aromatic N) is 2. The number of hydrogen-bond acceptors (Lipinski definition) is 2. The molecule has 152 valence electrons. The molecule has 1 fully saturated rings. The summed E-state index contributed by atoms with van der Waals surface area (Å²) in [5.74, 6) is 0. The van der Waals surface area contributed by atoms with Crippen molar-refractivity contribution in [3.63, 3.8) is 0 Å². The topological polar surface area (TPSA) is 6.48 Å². The Labute approximate surface area is 172 Å². The highest BCUT2D eigenvalue weighted by molar-refractivity contribution is 5.52. The Morgan fingerprint density at radius 3 is 2.07 bits per heavy atom. The van der Waals surface area contributed by atoms with Crippen molar-refractivity contribution >= 4 is 5.69 Å². The number of rotatable bonds is 6. The second kappa shape index (κ2) is 8.69. The van der Waals surface area contributed by atoms with E-state index in [-0.39, 0.29) is 5.54 Å². The zero-order valence-electron chi connectivity index (χ0n) is 18.8. The minimum Gasteiger partial charge on any atom is -0.369 e. The van der Waals surface area contributed by atoms with Crippen LogP contribution in [-0.2, 0) is 5.54 Å². The van der Waals surface area contributed by atoms with E-state index in [0.29, 0.717) is 6.04 Å². The number of benzene rings is 2. The maximum atomic E-state index is 2.69. The molecule has 0 aliphatic heterocycles. The standard InChI is InChI=1S/C26H38N2/c1-7-16-28(24-18-20(2)17-21(3)19-24)23-12-14-26(15-13-23,27(5)6)25-11-9-8-10-22(25)4/h8-11,17-19,23H,7,12-16H2,1-6H3. The summed E-state index contributed by atoms with van der Waals surface area (Å²) in [6.45, 7) is 10.2. The molecule has 3 rings (SSSR count). The maximum absolute atomic E-state index is 2.69. The Hall–Kier alpha value is -1.80. The highest BCUT2D eigenvalue weighted by Gasteiger charge is 2.40. The second-order valence-electron chi connectivity index (χ2n) is 9.01. The molecule has 2 nitrogen and oxygen atoms in total. The minimum atomic E-state index is 0.169. The molecule has 2 aromatic rings. The van der Waals surface area contributed by atoms with Gasteiger partial charge in [0, 0.05) is 23.8 Å². The van der Waals surface area contributed by atoms with E-state index in [1.807, 2.05) is 0 Å². The first-order valence-electron chi connectivity index (χ1n) is 11.0. The van der Waals surface area contributed by atoms with Gasteiger partial charge in [0.05, 0.1) is 0 Å². The molecule has 0 amide bonds. The minimum absolute atomic E-state index is 0.169. The van der Waals surface area contributed by atoms with Crippen LogP contribution in [0.2, 0.25) is 0 Å². The molecule has 1 aliphatic carbocycles. The maximum Gasteiger partial charge on any atom is 0.0458 e. The van der Waals surface area contributed by atoms with E-state index in [1.54, 1.807) is 0 Å². The summed E-state index contributed by atoms with van der Waals surface area (Å²) in [5.41, 5.74) is 7.27. The predicted molar refractivity (Wildman–Crippen MR) is 122 cm³/mol. The largest absolute Gasteiger partial charge is 0.369 e. The third kappa shape index (κ3) is 4.12. The fourth-order valence-electron chi connectivity index (χ4n) is 5.32. The van der Waals surface area contributed by atoms with Gasteiger partial charge in [0.2, 0.25) is 0 Å². The Kier molecular flexibility index (Phi) is 6.50. The van der Waals surface area contributed by atoms with E-state index in [0.717, 1.165) is 6.54 Å². The van der Waals surface area contributed by atoms with Gasteiger partial charge in [0.15, 0.2) is 0 Å². The quantitative estimate of drug-likeness (QED) is 0.588. The number of anilines is 1.